The van der Waals surface area contributed by atoms with E-state index in [2.05, 4.69) is 20.8 Å². The molecule has 4 nitrogen and oxygen atoms in total. The number of aliphatic hydroxyl groups is 1. The molecule has 0 aromatic heterocycles. The van der Waals surface area contributed by atoms with Crippen molar-refractivity contribution in [3.63, 3.8) is 0 Å². The van der Waals surface area contributed by atoms with E-state index in [9.17, 15) is 14.7 Å². The molecule has 158 valence electrons. The molecule has 0 radical (unpaired) electrons. The molecule has 4 aliphatic rings. The second kappa shape index (κ2) is 6.55. The van der Waals surface area contributed by atoms with Gasteiger partial charge in [-0.15, -0.1) is 0 Å². The third-order valence-electron chi connectivity index (χ3n) is 9.59. The van der Waals surface area contributed by atoms with E-state index in [-0.39, 0.29) is 22.2 Å². The molecule has 4 aliphatic carbocycles. The standard InChI is InChI=1S/C24H38O4/c1-16(25)8-13-28-20(27)23(4)10-5-9-22(3)17(23)7-12-24-14-19(26)21(2,15-24)11-6-18(22)24/h16-18,25H,5-15H2,1-4H3/t16?,17-,18-,21-,22?,23+,24?/m0/s1. The summed E-state index contributed by atoms with van der Waals surface area (Å²) in [4.78, 5) is 26.0. The molecule has 4 fully saturated rings. The van der Waals surface area contributed by atoms with Crippen LogP contribution in [0.1, 0.15) is 91.9 Å². The van der Waals surface area contributed by atoms with E-state index in [0.29, 0.717) is 30.6 Å². The van der Waals surface area contributed by atoms with E-state index < -0.39 is 11.5 Å². The largest absolute Gasteiger partial charge is 0.465 e. The molecule has 0 aromatic rings. The van der Waals surface area contributed by atoms with Crippen molar-refractivity contribution >= 4 is 11.8 Å². The van der Waals surface area contributed by atoms with Crippen LogP contribution < -0.4 is 0 Å². The predicted molar refractivity (Wildman–Crippen MR) is 108 cm³/mol. The van der Waals surface area contributed by atoms with Gasteiger partial charge in [-0.05, 0) is 81.5 Å². The smallest absolute Gasteiger partial charge is 0.312 e. The van der Waals surface area contributed by atoms with Gasteiger partial charge < -0.3 is 9.84 Å². The Labute approximate surface area is 169 Å². The Morgan fingerprint density at radius 3 is 2.57 bits per heavy atom. The molecule has 0 amide bonds. The van der Waals surface area contributed by atoms with Crippen molar-refractivity contribution in [2.24, 2.45) is 33.5 Å². The van der Waals surface area contributed by atoms with Gasteiger partial charge in [0.15, 0.2) is 0 Å². The Hall–Kier alpha value is -0.900. The zero-order valence-corrected chi connectivity index (χ0v) is 18.2. The number of esters is 1. The Kier molecular flexibility index (Phi) is 4.77. The van der Waals surface area contributed by atoms with Gasteiger partial charge in [-0.2, -0.15) is 0 Å². The lowest BCUT2D eigenvalue weighted by atomic mass is 9.40. The van der Waals surface area contributed by atoms with Crippen molar-refractivity contribution in [2.75, 3.05) is 6.61 Å². The number of ketones is 1. The normalized spacial score (nSPS) is 48.5. The fourth-order valence-electron chi connectivity index (χ4n) is 8.24. The highest BCUT2D eigenvalue weighted by Gasteiger charge is 2.68. The first-order valence-electron chi connectivity index (χ1n) is 11.4. The number of rotatable bonds is 4. The van der Waals surface area contributed by atoms with Gasteiger partial charge in [0.25, 0.3) is 0 Å². The highest BCUT2D eigenvalue weighted by atomic mass is 16.5. The van der Waals surface area contributed by atoms with E-state index in [4.69, 9.17) is 4.74 Å². The second-order valence-corrected chi connectivity index (χ2v) is 11.4. The van der Waals surface area contributed by atoms with Gasteiger partial charge in [0.1, 0.15) is 5.78 Å². The lowest BCUT2D eigenvalue weighted by Gasteiger charge is -2.63. The minimum Gasteiger partial charge on any atom is -0.465 e. The minimum absolute atomic E-state index is 0.0665. The van der Waals surface area contributed by atoms with Crippen LogP contribution in [0.25, 0.3) is 0 Å². The first kappa shape index (κ1) is 20.4. The van der Waals surface area contributed by atoms with Crippen molar-refractivity contribution in [2.45, 2.75) is 98.0 Å². The van der Waals surface area contributed by atoms with Crippen molar-refractivity contribution < 1.29 is 19.4 Å². The van der Waals surface area contributed by atoms with Crippen molar-refractivity contribution in [1.29, 1.82) is 0 Å². The predicted octanol–water partition coefficient (Wildman–Crippen LogP) is 4.67. The maximum atomic E-state index is 13.2. The van der Waals surface area contributed by atoms with E-state index in [0.717, 1.165) is 51.4 Å². The van der Waals surface area contributed by atoms with E-state index >= 15 is 0 Å². The van der Waals surface area contributed by atoms with Gasteiger partial charge in [0.2, 0.25) is 0 Å². The van der Waals surface area contributed by atoms with Crippen molar-refractivity contribution in [3.05, 3.63) is 0 Å². The van der Waals surface area contributed by atoms with Gasteiger partial charge in [-0.25, -0.2) is 0 Å². The molecule has 4 heteroatoms. The van der Waals surface area contributed by atoms with Crippen LogP contribution >= 0.6 is 0 Å². The molecular formula is C24H38O4. The van der Waals surface area contributed by atoms with Crippen LogP contribution in [0.2, 0.25) is 0 Å². The summed E-state index contributed by atoms with van der Waals surface area (Å²) in [5.41, 5.74) is -0.210. The Bertz CT molecular complexity index is 672. The van der Waals surface area contributed by atoms with Crippen LogP contribution in [-0.2, 0) is 14.3 Å². The molecule has 4 rings (SSSR count). The van der Waals surface area contributed by atoms with Crippen LogP contribution in [0, 0.1) is 33.5 Å². The summed E-state index contributed by atoms with van der Waals surface area (Å²) >= 11 is 0. The zero-order chi connectivity index (χ0) is 20.4. The van der Waals surface area contributed by atoms with E-state index in [1.54, 1.807) is 6.92 Å². The molecule has 0 aliphatic heterocycles. The Morgan fingerprint density at radius 2 is 1.86 bits per heavy atom. The SMILES string of the molecule is CC(O)CCOC(=O)[C@]1(C)CCCC2(C)[C@@H]3CC[C@@]4(C)CC3(CC[C@@H]21)CC4=O. The molecule has 2 bridgehead atoms. The number of hydrogen-bond donors (Lipinski definition) is 1. The average molecular weight is 391 g/mol. The average Bonchev–Trinajstić information content (AvgIpc) is 2.78. The molecule has 1 spiro atoms. The van der Waals surface area contributed by atoms with E-state index in [1.807, 2.05) is 0 Å². The molecular weight excluding hydrogens is 352 g/mol. The van der Waals surface area contributed by atoms with Crippen LogP contribution in [-0.4, -0.2) is 29.6 Å². The summed E-state index contributed by atoms with van der Waals surface area (Å²) in [6, 6.07) is 0. The third-order valence-corrected chi connectivity index (χ3v) is 9.59. The lowest BCUT2D eigenvalue weighted by Crippen LogP contribution is -2.58. The highest BCUT2D eigenvalue weighted by molar-refractivity contribution is 5.88. The number of carbonyl (C=O) groups is 2. The number of aliphatic hydroxyl groups excluding tert-OH is 1. The Balaban J connectivity index is 1.59. The summed E-state index contributed by atoms with van der Waals surface area (Å²) in [6.07, 6.45) is 9.33. The molecule has 4 saturated carbocycles. The first-order chi connectivity index (χ1) is 13.1. The van der Waals surface area contributed by atoms with Crippen molar-refractivity contribution in [3.8, 4) is 0 Å². The maximum Gasteiger partial charge on any atom is 0.312 e. The summed E-state index contributed by atoms with van der Waals surface area (Å²) < 4.78 is 5.67. The van der Waals surface area contributed by atoms with E-state index in [1.165, 1.54) is 6.42 Å². The highest BCUT2D eigenvalue weighted by Crippen LogP contribution is 2.73. The molecule has 28 heavy (non-hydrogen) atoms. The van der Waals surface area contributed by atoms with Gasteiger partial charge in [0.05, 0.1) is 18.1 Å². The fourth-order valence-corrected chi connectivity index (χ4v) is 8.24. The number of ether oxygens (including phenoxy) is 1. The number of fused-ring (bicyclic) bond motifs is 3. The van der Waals surface area contributed by atoms with Crippen LogP contribution in [0.4, 0.5) is 0 Å². The third kappa shape index (κ3) is 2.80. The molecule has 3 unspecified atom stereocenters. The molecule has 0 saturated heterocycles. The van der Waals surface area contributed by atoms with Crippen LogP contribution in [0.3, 0.4) is 0 Å². The van der Waals surface area contributed by atoms with Crippen LogP contribution in [0.5, 0.6) is 0 Å². The number of carbonyl (C=O) groups excluding carboxylic acids is 2. The summed E-state index contributed by atoms with van der Waals surface area (Å²) in [7, 11) is 0. The molecule has 0 heterocycles. The van der Waals surface area contributed by atoms with Gasteiger partial charge in [-0.3, -0.25) is 9.59 Å². The van der Waals surface area contributed by atoms with Gasteiger partial charge >= 0.3 is 5.97 Å². The monoisotopic (exact) mass is 390 g/mol. The van der Waals surface area contributed by atoms with Crippen molar-refractivity contribution in [1.82, 2.24) is 0 Å². The minimum atomic E-state index is -0.441. The van der Waals surface area contributed by atoms with Gasteiger partial charge in [0, 0.05) is 18.3 Å². The lowest BCUT2D eigenvalue weighted by molar-refractivity contribution is -0.188. The molecule has 7 atom stereocenters. The zero-order valence-electron chi connectivity index (χ0n) is 18.2. The summed E-state index contributed by atoms with van der Waals surface area (Å²) in [6.45, 7) is 8.78. The van der Waals surface area contributed by atoms with Gasteiger partial charge in [-0.1, -0.05) is 20.3 Å². The quantitative estimate of drug-likeness (QED) is 0.708. The molecule has 0 aromatic carbocycles. The number of hydrogen-bond acceptors (Lipinski definition) is 4. The van der Waals surface area contributed by atoms with Crippen LogP contribution in [0.15, 0.2) is 0 Å². The number of Topliss-reactive ketones (excluding diaryl/α,β-unsaturated/α-hetero) is 1. The molecule has 1 N–H and O–H groups in total. The maximum absolute atomic E-state index is 13.2. The summed E-state index contributed by atoms with van der Waals surface area (Å²) in [5, 5.41) is 9.48. The fraction of sp³-hybridized carbons (Fsp3) is 0.917. The summed E-state index contributed by atoms with van der Waals surface area (Å²) in [5.74, 6) is 1.32. The topological polar surface area (TPSA) is 63.6 Å². The first-order valence-corrected chi connectivity index (χ1v) is 11.4. The Morgan fingerprint density at radius 1 is 1.14 bits per heavy atom. The second-order valence-electron chi connectivity index (χ2n) is 11.4.